The summed E-state index contributed by atoms with van der Waals surface area (Å²) in [5, 5.41) is 0. The summed E-state index contributed by atoms with van der Waals surface area (Å²) in [5.74, 6) is 0.296. The van der Waals surface area contributed by atoms with Crippen molar-refractivity contribution in [3.05, 3.63) is 0 Å². The van der Waals surface area contributed by atoms with Crippen LogP contribution in [0.3, 0.4) is 0 Å². The number of Topliss-reactive ketones (excluding diaryl/α,β-unsaturated/α-hetero) is 1. The van der Waals surface area contributed by atoms with Crippen molar-refractivity contribution in [2.45, 2.75) is 51.7 Å². The third-order valence-electron chi connectivity index (χ3n) is 3.29. The van der Waals surface area contributed by atoms with Crippen LogP contribution in [0.2, 0.25) is 0 Å². The molecule has 2 heterocycles. The predicted octanol–water partition coefficient (Wildman–Crippen LogP) is 1.92. The average Bonchev–Trinajstić information content (AvgIpc) is 2.12. The lowest BCUT2D eigenvalue weighted by molar-refractivity contribution is -0.149. The molecular weight excluding hydrogens is 152 g/mol. The maximum atomic E-state index is 11.5. The molecule has 2 unspecified atom stereocenters. The van der Waals surface area contributed by atoms with E-state index in [0.717, 1.165) is 12.8 Å². The molecule has 2 saturated heterocycles. The van der Waals surface area contributed by atoms with Gasteiger partial charge in [0.15, 0.2) is 5.78 Å². The monoisotopic (exact) mass is 168 g/mol. The Morgan fingerprint density at radius 3 is 2.67 bits per heavy atom. The molecule has 2 nitrogen and oxygen atoms in total. The number of ketones is 1. The highest BCUT2D eigenvalue weighted by molar-refractivity contribution is 5.88. The fourth-order valence-corrected chi connectivity index (χ4v) is 2.64. The Labute approximate surface area is 73.3 Å². The number of hydrogen-bond donors (Lipinski definition) is 0. The van der Waals surface area contributed by atoms with E-state index in [1.54, 1.807) is 0 Å². The van der Waals surface area contributed by atoms with Gasteiger partial charge in [-0.15, -0.1) is 0 Å². The number of carbonyl (C=O) groups excluding carboxylic acids is 1. The molecule has 0 aromatic rings. The third-order valence-corrected chi connectivity index (χ3v) is 3.29. The summed E-state index contributed by atoms with van der Waals surface area (Å²) < 4.78 is 5.76. The van der Waals surface area contributed by atoms with E-state index < -0.39 is 5.60 Å². The normalized spacial score (nSPS) is 44.9. The van der Waals surface area contributed by atoms with Gasteiger partial charge in [-0.25, -0.2) is 0 Å². The second-order valence-electron chi connectivity index (χ2n) is 4.96. The largest absolute Gasteiger partial charge is 0.364 e. The van der Waals surface area contributed by atoms with E-state index in [9.17, 15) is 4.79 Å². The van der Waals surface area contributed by atoms with Crippen molar-refractivity contribution in [3.63, 3.8) is 0 Å². The number of rotatable bonds is 0. The minimum absolute atomic E-state index is 0.195. The van der Waals surface area contributed by atoms with E-state index in [4.69, 9.17) is 4.74 Å². The molecule has 0 aliphatic carbocycles. The maximum Gasteiger partial charge on any atom is 0.164 e. The van der Waals surface area contributed by atoms with Crippen LogP contribution in [0.25, 0.3) is 0 Å². The molecular formula is C10H16O2. The van der Waals surface area contributed by atoms with E-state index in [2.05, 4.69) is 13.8 Å². The highest BCUT2D eigenvalue weighted by atomic mass is 16.5. The van der Waals surface area contributed by atoms with E-state index in [1.165, 1.54) is 0 Å². The zero-order chi connectivity index (χ0) is 8.98. The van der Waals surface area contributed by atoms with E-state index in [0.29, 0.717) is 18.3 Å². The fourth-order valence-electron chi connectivity index (χ4n) is 2.64. The number of ether oxygens (including phenoxy) is 1. The molecule has 0 spiro atoms. The Bertz CT molecular complexity index is 232. The zero-order valence-corrected chi connectivity index (χ0v) is 8.02. The van der Waals surface area contributed by atoms with E-state index >= 15 is 0 Å². The molecule has 68 valence electrons. The molecule has 0 aromatic carbocycles. The lowest BCUT2D eigenvalue weighted by Gasteiger charge is -2.29. The molecule has 0 amide bonds. The molecule has 2 heteroatoms. The lowest BCUT2D eigenvalue weighted by Crippen LogP contribution is -2.39. The van der Waals surface area contributed by atoms with Gasteiger partial charge in [-0.3, -0.25) is 4.79 Å². The first-order valence-corrected chi connectivity index (χ1v) is 4.65. The summed E-state index contributed by atoms with van der Waals surface area (Å²) in [4.78, 5) is 11.5. The van der Waals surface area contributed by atoms with Crippen LogP contribution in [0.1, 0.15) is 40.0 Å². The highest BCUT2D eigenvalue weighted by Gasteiger charge is 2.54. The van der Waals surface area contributed by atoms with E-state index in [-0.39, 0.29) is 5.41 Å². The van der Waals surface area contributed by atoms with Crippen LogP contribution in [0.4, 0.5) is 0 Å². The fraction of sp³-hybridized carbons (Fsp3) is 0.900. The van der Waals surface area contributed by atoms with Crippen LogP contribution >= 0.6 is 0 Å². The second-order valence-corrected chi connectivity index (χ2v) is 4.96. The van der Waals surface area contributed by atoms with Crippen LogP contribution in [0.5, 0.6) is 0 Å². The van der Waals surface area contributed by atoms with Gasteiger partial charge >= 0.3 is 0 Å². The standard InChI is InChI=1S/C10H16O2/c1-9(2)6-10(3)7(11)4-5-8(9)12-10/h8H,4-6H2,1-3H3. The summed E-state index contributed by atoms with van der Waals surface area (Å²) in [6, 6.07) is 0. The first-order chi connectivity index (χ1) is 5.44. The van der Waals surface area contributed by atoms with Gasteiger partial charge in [0.25, 0.3) is 0 Å². The first kappa shape index (κ1) is 8.24. The third kappa shape index (κ3) is 0.939. The minimum Gasteiger partial charge on any atom is -0.364 e. The Balaban J connectivity index is 2.33. The maximum absolute atomic E-state index is 11.5. The summed E-state index contributed by atoms with van der Waals surface area (Å²) in [7, 11) is 0. The molecule has 2 rings (SSSR count). The summed E-state index contributed by atoms with van der Waals surface area (Å²) >= 11 is 0. The Morgan fingerprint density at radius 2 is 2.08 bits per heavy atom. The number of hydrogen-bond acceptors (Lipinski definition) is 2. The molecule has 0 aromatic heterocycles. The molecule has 2 bridgehead atoms. The molecule has 2 fully saturated rings. The smallest absolute Gasteiger partial charge is 0.164 e. The second kappa shape index (κ2) is 2.11. The van der Waals surface area contributed by atoms with Crippen LogP contribution < -0.4 is 0 Å². The summed E-state index contributed by atoms with van der Waals surface area (Å²) in [6.45, 7) is 6.33. The van der Waals surface area contributed by atoms with Crippen LogP contribution in [-0.2, 0) is 9.53 Å². The molecule has 0 radical (unpaired) electrons. The van der Waals surface area contributed by atoms with Crippen molar-refractivity contribution in [1.82, 2.24) is 0 Å². The van der Waals surface area contributed by atoms with Gasteiger partial charge in [-0.1, -0.05) is 13.8 Å². The predicted molar refractivity (Wildman–Crippen MR) is 45.9 cm³/mol. The van der Waals surface area contributed by atoms with Crippen molar-refractivity contribution in [1.29, 1.82) is 0 Å². The van der Waals surface area contributed by atoms with Crippen molar-refractivity contribution >= 4 is 5.78 Å². The summed E-state index contributed by atoms with van der Waals surface area (Å²) in [5.41, 5.74) is -0.257. The first-order valence-electron chi connectivity index (χ1n) is 4.65. The van der Waals surface area contributed by atoms with Crippen molar-refractivity contribution in [3.8, 4) is 0 Å². The quantitative estimate of drug-likeness (QED) is 0.552. The molecule has 2 aliphatic rings. The van der Waals surface area contributed by atoms with Gasteiger partial charge in [0.1, 0.15) is 5.60 Å². The van der Waals surface area contributed by atoms with Gasteiger partial charge in [-0.2, -0.15) is 0 Å². The van der Waals surface area contributed by atoms with Crippen molar-refractivity contribution < 1.29 is 9.53 Å². The van der Waals surface area contributed by atoms with Gasteiger partial charge in [0.05, 0.1) is 6.10 Å². The summed E-state index contributed by atoms with van der Waals surface area (Å²) in [6.07, 6.45) is 2.83. The molecule has 0 saturated carbocycles. The topological polar surface area (TPSA) is 26.3 Å². The molecule has 2 atom stereocenters. The van der Waals surface area contributed by atoms with Gasteiger partial charge < -0.3 is 4.74 Å². The van der Waals surface area contributed by atoms with Crippen molar-refractivity contribution in [2.24, 2.45) is 5.41 Å². The van der Waals surface area contributed by atoms with Gasteiger partial charge in [-0.05, 0) is 25.2 Å². The highest BCUT2D eigenvalue weighted by Crippen LogP contribution is 2.49. The van der Waals surface area contributed by atoms with Gasteiger partial charge in [0, 0.05) is 6.42 Å². The SMILES string of the molecule is CC12CC(C)(C)C(CCC1=O)O2. The van der Waals surface area contributed by atoms with Crippen LogP contribution in [-0.4, -0.2) is 17.5 Å². The van der Waals surface area contributed by atoms with Crippen LogP contribution in [0, 0.1) is 5.41 Å². The van der Waals surface area contributed by atoms with Gasteiger partial charge in [0.2, 0.25) is 0 Å². The zero-order valence-electron chi connectivity index (χ0n) is 8.02. The lowest BCUT2D eigenvalue weighted by atomic mass is 9.82. The Hall–Kier alpha value is -0.370. The molecule has 12 heavy (non-hydrogen) atoms. The van der Waals surface area contributed by atoms with E-state index in [1.807, 2.05) is 6.92 Å². The minimum atomic E-state index is -0.452. The van der Waals surface area contributed by atoms with Crippen molar-refractivity contribution in [2.75, 3.05) is 0 Å². The van der Waals surface area contributed by atoms with Crippen LogP contribution in [0.15, 0.2) is 0 Å². The molecule has 0 N–H and O–H groups in total. The number of fused-ring (bicyclic) bond motifs is 2. The average molecular weight is 168 g/mol. The number of carbonyl (C=O) groups is 1. The Morgan fingerprint density at radius 1 is 1.42 bits per heavy atom. The molecule has 2 aliphatic heterocycles. The Kier molecular flexibility index (Phi) is 1.45.